The zero-order valence-electron chi connectivity index (χ0n) is 13.2. The van der Waals surface area contributed by atoms with Gasteiger partial charge in [0.05, 0.1) is 7.11 Å². The lowest BCUT2D eigenvalue weighted by atomic mass is 10.00. The van der Waals surface area contributed by atoms with E-state index in [0.717, 1.165) is 25.0 Å². The first-order valence-electron chi connectivity index (χ1n) is 7.80. The Morgan fingerprint density at radius 1 is 1.19 bits per heavy atom. The van der Waals surface area contributed by atoms with Crippen molar-refractivity contribution in [1.82, 2.24) is 5.48 Å². The van der Waals surface area contributed by atoms with E-state index < -0.39 is 0 Å². The van der Waals surface area contributed by atoms with E-state index in [-0.39, 0.29) is 5.91 Å². The first-order chi connectivity index (χ1) is 10.2. The highest BCUT2D eigenvalue weighted by atomic mass is 16.5. The van der Waals surface area contributed by atoms with Crippen LogP contribution in [0.1, 0.15) is 56.6 Å². The number of amides is 1. The molecule has 1 amide bonds. The third kappa shape index (κ3) is 6.63. The Labute approximate surface area is 127 Å². The number of hydrogen-bond acceptors (Lipinski definition) is 3. The minimum Gasteiger partial charge on any atom is -0.496 e. The van der Waals surface area contributed by atoms with E-state index in [9.17, 15) is 4.79 Å². The molecule has 21 heavy (non-hydrogen) atoms. The second-order valence-electron chi connectivity index (χ2n) is 5.35. The summed E-state index contributed by atoms with van der Waals surface area (Å²) in [6.45, 7) is 2.21. The number of hydrogen-bond donors (Lipinski definition) is 2. The van der Waals surface area contributed by atoms with Gasteiger partial charge in [0.15, 0.2) is 0 Å². The van der Waals surface area contributed by atoms with Crippen molar-refractivity contribution in [2.75, 3.05) is 7.11 Å². The molecule has 118 valence electrons. The maximum atomic E-state index is 11.0. The van der Waals surface area contributed by atoms with Gasteiger partial charge < -0.3 is 4.74 Å². The Balaban J connectivity index is 2.55. The molecule has 0 saturated carbocycles. The number of benzene rings is 1. The van der Waals surface area contributed by atoms with Gasteiger partial charge in [0.1, 0.15) is 5.75 Å². The van der Waals surface area contributed by atoms with Crippen molar-refractivity contribution in [3.8, 4) is 5.75 Å². The first-order valence-corrected chi connectivity index (χ1v) is 7.80. The SMILES string of the molecule is CCCCCCc1cc(CCCC(=O)NO)ccc1OC. The van der Waals surface area contributed by atoms with Crippen LogP contribution in [0, 0.1) is 0 Å². The van der Waals surface area contributed by atoms with E-state index in [2.05, 4.69) is 13.0 Å². The fourth-order valence-corrected chi connectivity index (χ4v) is 2.43. The molecule has 1 aromatic rings. The Morgan fingerprint density at radius 2 is 2.00 bits per heavy atom. The van der Waals surface area contributed by atoms with Crippen LogP contribution in [-0.4, -0.2) is 18.2 Å². The predicted molar refractivity (Wildman–Crippen MR) is 83.7 cm³/mol. The third-order valence-electron chi connectivity index (χ3n) is 3.64. The largest absolute Gasteiger partial charge is 0.496 e. The summed E-state index contributed by atoms with van der Waals surface area (Å²) in [6.07, 6.45) is 7.89. The van der Waals surface area contributed by atoms with Crippen LogP contribution in [0.4, 0.5) is 0 Å². The van der Waals surface area contributed by atoms with Gasteiger partial charge >= 0.3 is 0 Å². The summed E-state index contributed by atoms with van der Waals surface area (Å²) in [6, 6.07) is 6.24. The lowest BCUT2D eigenvalue weighted by molar-refractivity contribution is -0.129. The molecule has 0 heterocycles. The molecule has 0 aliphatic heterocycles. The first kappa shape index (κ1) is 17.5. The van der Waals surface area contributed by atoms with Crippen LogP contribution >= 0.6 is 0 Å². The summed E-state index contributed by atoms with van der Waals surface area (Å²) < 4.78 is 5.42. The van der Waals surface area contributed by atoms with Crippen LogP contribution in [0.15, 0.2) is 18.2 Å². The number of rotatable bonds is 10. The molecule has 0 atom stereocenters. The van der Waals surface area contributed by atoms with Gasteiger partial charge in [0.2, 0.25) is 5.91 Å². The van der Waals surface area contributed by atoms with Gasteiger partial charge in [-0.1, -0.05) is 38.3 Å². The van der Waals surface area contributed by atoms with Crippen molar-refractivity contribution in [2.45, 2.75) is 58.3 Å². The summed E-state index contributed by atoms with van der Waals surface area (Å²) >= 11 is 0. The van der Waals surface area contributed by atoms with Crippen LogP contribution < -0.4 is 10.2 Å². The number of carbonyl (C=O) groups is 1. The van der Waals surface area contributed by atoms with Crippen molar-refractivity contribution in [3.63, 3.8) is 0 Å². The standard InChI is InChI=1S/C17H27NO3/c1-3-4-5-6-9-15-13-14(11-12-16(15)21-2)8-7-10-17(19)18-20/h11-13,20H,3-10H2,1-2H3,(H,18,19). The van der Waals surface area contributed by atoms with E-state index in [1.807, 2.05) is 12.1 Å². The summed E-state index contributed by atoms with van der Waals surface area (Å²) in [5, 5.41) is 8.47. The highest BCUT2D eigenvalue weighted by molar-refractivity contribution is 5.74. The summed E-state index contributed by atoms with van der Waals surface area (Å²) in [5.74, 6) is 0.617. The van der Waals surface area contributed by atoms with Crippen molar-refractivity contribution in [3.05, 3.63) is 29.3 Å². The van der Waals surface area contributed by atoms with Crippen LogP contribution in [-0.2, 0) is 17.6 Å². The third-order valence-corrected chi connectivity index (χ3v) is 3.64. The molecule has 0 spiro atoms. The fraction of sp³-hybridized carbons (Fsp3) is 0.588. The molecule has 0 aromatic heterocycles. The molecular weight excluding hydrogens is 266 g/mol. The van der Waals surface area contributed by atoms with E-state index in [4.69, 9.17) is 9.94 Å². The minimum atomic E-state index is -0.330. The van der Waals surface area contributed by atoms with Gasteiger partial charge in [-0.25, -0.2) is 5.48 Å². The summed E-state index contributed by atoms with van der Waals surface area (Å²) in [4.78, 5) is 11.0. The van der Waals surface area contributed by atoms with Crippen molar-refractivity contribution in [2.24, 2.45) is 0 Å². The molecule has 4 nitrogen and oxygen atoms in total. The number of aryl methyl sites for hydroxylation is 2. The Morgan fingerprint density at radius 3 is 2.67 bits per heavy atom. The number of hydroxylamine groups is 1. The number of carbonyl (C=O) groups excluding carboxylic acids is 1. The lowest BCUT2D eigenvalue weighted by Crippen LogP contribution is -2.18. The molecule has 0 aliphatic carbocycles. The maximum absolute atomic E-state index is 11.0. The molecule has 0 unspecified atom stereocenters. The zero-order chi connectivity index (χ0) is 15.5. The normalized spacial score (nSPS) is 10.4. The minimum absolute atomic E-state index is 0.330. The van der Waals surface area contributed by atoms with Gasteiger partial charge in [-0.3, -0.25) is 10.0 Å². The monoisotopic (exact) mass is 293 g/mol. The molecular formula is C17H27NO3. The number of unbranched alkanes of at least 4 members (excludes halogenated alkanes) is 3. The van der Waals surface area contributed by atoms with Gasteiger partial charge in [-0.2, -0.15) is 0 Å². The van der Waals surface area contributed by atoms with Gasteiger partial charge in [0, 0.05) is 6.42 Å². The van der Waals surface area contributed by atoms with Crippen molar-refractivity contribution in [1.29, 1.82) is 0 Å². The van der Waals surface area contributed by atoms with Crippen molar-refractivity contribution < 1.29 is 14.7 Å². The molecule has 4 heteroatoms. The number of ether oxygens (including phenoxy) is 1. The molecule has 0 bridgehead atoms. The van der Waals surface area contributed by atoms with E-state index in [0.29, 0.717) is 6.42 Å². The smallest absolute Gasteiger partial charge is 0.243 e. The van der Waals surface area contributed by atoms with Gasteiger partial charge in [-0.15, -0.1) is 0 Å². The molecule has 2 N–H and O–H groups in total. The predicted octanol–water partition coefficient (Wildman–Crippen LogP) is 3.65. The average Bonchev–Trinajstić information content (AvgIpc) is 2.51. The molecule has 0 fully saturated rings. The Bertz CT molecular complexity index is 432. The quantitative estimate of drug-likeness (QED) is 0.393. The molecule has 1 aromatic carbocycles. The van der Waals surface area contributed by atoms with Gasteiger partial charge in [0.25, 0.3) is 0 Å². The van der Waals surface area contributed by atoms with Gasteiger partial charge in [-0.05, 0) is 42.9 Å². The summed E-state index contributed by atoms with van der Waals surface area (Å²) in [7, 11) is 1.70. The van der Waals surface area contributed by atoms with E-state index in [1.165, 1.54) is 36.8 Å². The van der Waals surface area contributed by atoms with E-state index >= 15 is 0 Å². The highest BCUT2D eigenvalue weighted by Gasteiger charge is 2.06. The van der Waals surface area contributed by atoms with Crippen LogP contribution in [0.2, 0.25) is 0 Å². The number of nitrogens with one attached hydrogen (secondary N) is 1. The van der Waals surface area contributed by atoms with Crippen molar-refractivity contribution >= 4 is 5.91 Å². The van der Waals surface area contributed by atoms with Crippen LogP contribution in [0.5, 0.6) is 5.75 Å². The van der Waals surface area contributed by atoms with E-state index in [1.54, 1.807) is 12.6 Å². The second-order valence-corrected chi connectivity index (χ2v) is 5.35. The molecule has 1 rings (SSSR count). The molecule has 0 aliphatic rings. The lowest BCUT2D eigenvalue weighted by Gasteiger charge is -2.11. The topological polar surface area (TPSA) is 58.6 Å². The highest BCUT2D eigenvalue weighted by Crippen LogP contribution is 2.23. The second kappa shape index (κ2) is 10.2. The van der Waals surface area contributed by atoms with Crippen LogP contribution in [0.25, 0.3) is 0 Å². The number of methoxy groups -OCH3 is 1. The summed E-state index contributed by atoms with van der Waals surface area (Å²) in [5.41, 5.74) is 4.12. The van der Waals surface area contributed by atoms with Crippen LogP contribution in [0.3, 0.4) is 0 Å². The average molecular weight is 293 g/mol. The molecule has 0 saturated heterocycles. The fourth-order valence-electron chi connectivity index (χ4n) is 2.43. The molecule has 0 radical (unpaired) electrons. The Kier molecular flexibility index (Phi) is 8.51. The maximum Gasteiger partial charge on any atom is 0.243 e. The zero-order valence-corrected chi connectivity index (χ0v) is 13.2. The Hall–Kier alpha value is -1.55.